The van der Waals surface area contributed by atoms with Gasteiger partial charge < -0.3 is 10.6 Å². The Balaban J connectivity index is 0.00000176. The molecule has 1 aliphatic heterocycles. The minimum absolute atomic E-state index is 0. The van der Waals surface area contributed by atoms with E-state index in [0.29, 0.717) is 17.6 Å². The van der Waals surface area contributed by atoms with Crippen LogP contribution in [0.25, 0.3) is 0 Å². The number of amides is 1. The smallest absolute Gasteiger partial charge is 0.271 e. The fraction of sp³-hybridized carbons (Fsp3) is 0.533. The van der Waals surface area contributed by atoms with Gasteiger partial charge in [0.15, 0.2) is 0 Å². The third kappa shape index (κ3) is 3.56. The Morgan fingerprint density at radius 3 is 2.82 bits per heavy atom. The van der Waals surface area contributed by atoms with E-state index in [1.54, 1.807) is 12.1 Å². The van der Waals surface area contributed by atoms with E-state index in [1.807, 2.05) is 0 Å². The molecule has 1 saturated carbocycles. The van der Waals surface area contributed by atoms with Gasteiger partial charge in [-0.2, -0.15) is 0 Å². The van der Waals surface area contributed by atoms with Gasteiger partial charge in [-0.3, -0.25) is 14.9 Å². The van der Waals surface area contributed by atoms with Crippen LogP contribution in [0.2, 0.25) is 0 Å². The van der Waals surface area contributed by atoms with Crippen molar-refractivity contribution in [1.29, 1.82) is 0 Å². The number of nitro benzene ring substituents is 1. The standard InChI is InChI=1S/C15H19N3O3.ClH/c19-15(14-8-10-4-1-2-7-13(10)17-14)16-11-5-3-6-12(9-11)18(20)21;/h3,5-6,9-10,13-14,17H,1-2,4,7-8H2,(H,16,19);1H. The van der Waals surface area contributed by atoms with Crippen molar-refractivity contribution in [1.82, 2.24) is 5.32 Å². The summed E-state index contributed by atoms with van der Waals surface area (Å²) in [6, 6.07) is 6.33. The molecule has 0 bridgehead atoms. The Kier molecular flexibility index (Phi) is 5.37. The molecular formula is C15H20ClN3O3. The molecule has 120 valence electrons. The van der Waals surface area contributed by atoms with Crippen molar-refractivity contribution < 1.29 is 9.72 Å². The predicted octanol–water partition coefficient (Wildman–Crippen LogP) is 2.88. The van der Waals surface area contributed by atoms with Gasteiger partial charge in [-0.05, 0) is 31.2 Å². The lowest BCUT2D eigenvalue weighted by Gasteiger charge is -2.24. The molecule has 2 fully saturated rings. The van der Waals surface area contributed by atoms with E-state index >= 15 is 0 Å². The number of carbonyl (C=O) groups is 1. The third-order valence-electron chi connectivity index (χ3n) is 4.50. The molecule has 22 heavy (non-hydrogen) atoms. The van der Waals surface area contributed by atoms with E-state index in [0.717, 1.165) is 12.8 Å². The predicted molar refractivity (Wildman–Crippen MR) is 86.3 cm³/mol. The fourth-order valence-electron chi connectivity index (χ4n) is 3.45. The molecule has 3 atom stereocenters. The molecule has 1 amide bonds. The number of anilines is 1. The molecule has 7 heteroatoms. The topological polar surface area (TPSA) is 84.3 Å². The van der Waals surface area contributed by atoms with Gasteiger partial charge in [0.05, 0.1) is 11.0 Å². The number of rotatable bonds is 3. The second kappa shape index (κ2) is 7.07. The van der Waals surface area contributed by atoms with Gasteiger partial charge >= 0.3 is 0 Å². The van der Waals surface area contributed by atoms with Crippen molar-refractivity contribution in [3.63, 3.8) is 0 Å². The molecule has 6 nitrogen and oxygen atoms in total. The van der Waals surface area contributed by atoms with E-state index in [2.05, 4.69) is 10.6 Å². The zero-order valence-corrected chi connectivity index (χ0v) is 13.0. The van der Waals surface area contributed by atoms with Crippen LogP contribution in [0.5, 0.6) is 0 Å². The van der Waals surface area contributed by atoms with E-state index in [1.165, 1.54) is 31.4 Å². The number of hydrogen-bond donors (Lipinski definition) is 2. The normalized spacial score (nSPS) is 26.6. The molecule has 1 aromatic carbocycles. The number of fused-ring (bicyclic) bond motifs is 1. The zero-order valence-electron chi connectivity index (χ0n) is 12.2. The Labute approximate surface area is 135 Å². The number of nitrogens with one attached hydrogen (secondary N) is 2. The van der Waals surface area contributed by atoms with E-state index < -0.39 is 4.92 Å². The number of benzene rings is 1. The van der Waals surface area contributed by atoms with Crippen LogP contribution in [-0.4, -0.2) is 22.9 Å². The van der Waals surface area contributed by atoms with Crippen molar-refractivity contribution in [2.45, 2.75) is 44.2 Å². The average Bonchev–Trinajstić information content (AvgIpc) is 2.91. The fourth-order valence-corrected chi connectivity index (χ4v) is 3.45. The lowest BCUT2D eigenvalue weighted by molar-refractivity contribution is -0.384. The summed E-state index contributed by atoms with van der Waals surface area (Å²) in [6.45, 7) is 0. The van der Waals surface area contributed by atoms with Gasteiger partial charge in [0.25, 0.3) is 5.69 Å². The van der Waals surface area contributed by atoms with Crippen LogP contribution in [0, 0.1) is 16.0 Å². The summed E-state index contributed by atoms with van der Waals surface area (Å²) in [5.74, 6) is 0.504. The number of hydrogen-bond acceptors (Lipinski definition) is 4. The van der Waals surface area contributed by atoms with Crippen LogP contribution < -0.4 is 10.6 Å². The molecule has 2 N–H and O–H groups in total. The molecule has 2 aliphatic rings. The first-order valence-corrected chi connectivity index (χ1v) is 7.45. The van der Waals surface area contributed by atoms with Crippen LogP contribution in [0.3, 0.4) is 0 Å². The molecule has 0 spiro atoms. The highest BCUT2D eigenvalue weighted by molar-refractivity contribution is 5.95. The largest absolute Gasteiger partial charge is 0.324 e. The third-order valence-corrected chi connectivity index (χ3v) is 4.50. The minimum atomic E-state index is -0.460. The minimum Gasteiger partial charge on any atom is -0.324 e. The molecule has 0 aromatic heterocycles. The first-order chi connectivity index (χ1) is 10.1. The molecule has 1 saturated heterocycles. The zero-order chi connectivity index (χ0) is 14.8. The monoisotopic (exact) mass is 325 g/mol. The summed E-state index contributed by atoms with van der Waals surface area (Å²) < 4.78 is 0. The van der Waals surface area contributed by atoms with Gasteiger partial charge in [-0.1, -0.05) is 18.9 Å². The number of nitro groups is 1. The second-order valence-corrected chi connectivity index (χ2v) is 5.90. The molecule has 3 rings (SSSR count). The Hall–Kier alpha value is -1.66. The maximum atomic E-state index is 12.3. The Morgan fingerprint density at radius 2 is 2.09 bits per heavy atom. The van der Waals surface area contributed by atoms with E-state index in [4.69, 9.17) is 0 Å². The average molecular weight is 326 g/mol. The summed E-state index contributed by atoms with van der Waals surface area (Å²) in [4.78, 5) is 22.6. The molecule has 0 radical (unpaired) electrons. The molecule has 1 aromatic rings. The van der Waals surface area contributed by atoms with Crippen LogP contribution in [0.15, 0.2) is 24.3 Å². The lowest BCUT2D eigenvalue weighted by atomic mass is 9.85. The SMILES string of the molecule is Cl.O=C(Nc1cccc([N+](=O)[O-])c1)C1CC2CCCCC2N1. The maximum absolute atomic E-state index is 12.3. The quantitative estimate of drug-likeness (QED) is 0.661. The van der Waals surface area contributed by atoms with Crippen molar-refractivity contribution in [2.24, 2.45) is 5.92 Å². The number of non-ortho nitro benzene ring substituents is 1. The van der Waals surface area contributed by atoms with Crippen molar-refractivity contribution >= 4 is 29.7 Å². The summed E-state index contributed by atoms with van der Waals surface area (Å²) in [7, 11) is 0. The van der Waals surface area contributed by atoms with Crippen molar-refractivity contribution in [3.05, 3.63) is 34.4 Å². The maximum Gasteiger partial charge on any atom is 0.271 e. The van der Waals surface area contributed by atoms with Crippen molar-refractivity contribution in [3.8, 4) is 0 Å². The van der Waals surface area contributed by atoms with E-state index in [9.17, 15) is 14.9 Å². The lowest BCUT2D eigenvalue weighted by Crippen LogP contribution is -2.39. The number of halogens is 1. The van der Waals surface area contributed by atoms with Crippen LogP contribution in [0.4, 0.5) is 11.4 Å². The van der Waals surface area contributed by atoms with Gasteiger partial charge in [-0.25, -0.2) is 0 Å². The van der Waals surface area contributed by atoms with Gasteiger partial charge in [-0.15, -0.1) is 12.4 Å². The number of nitrogens with zero attached hydrogens (tertiary/aromatic N) is 1. The summed E-state index contributed by atoms with van der Waals surface area (Å²) in [5.41, 5.74) is 0.465. The molecule has 1 heterocycles. The molecular weight excluding hydrogens is 306 g/mol. The first kappa shape index (κ1) is 16.7. The first-order valence-electron chi connectivity index (χ1n) is 7.45. The highest BCUT2D eigenvalue weighted by Crippen LogP contribution is 2.33. The summed E-state index contributed by atoms with van der Waals surface area (Å²) in [5, 5.41) is 16.9. The Morgan fingerprint density at radius 1 is 1.32 bits per heavy atom. The number of carbonyl (C=O) groups excluding carboxylic acids is 1. The summed E-state index contributed by atoms with van der Waals surface area (Å²) >= 11 is 0. The second-order valence-electron chi connectivity index (χ2n) is 5.90. The van der Waals surface area contributed by atoms with Crippen LogP contribution in [-0.2, 0) is 4.79 Å². The van der Waals surface area contributed by atoms with Gasteiger partial charge in [0, 0.05) is 23.9 Å². The van der Waals surface area contributed by atoms with Crippen LogP contribution >= 0.6 is 12.4 Å². The highest BCUT2D eigenvalue weighted by atomic mass is 35.5. The molecule has 3 unspecified atom stereocenters. The van der Waals surface area contributed by atoms with Crippen molar-refractivity contribution in [2.75, 3.05) is 5.32 Å². The van der Waals surface area contributed by atoms with E-state index in [-0.39, 0.29) is 30.0 Å². The van der Waals surface area contributed by atoms with Crippen LogP contribution in [0.1, 0.15) is 32.1 Å². The molecule has 1 aliphatic carbocycles. The van der Waals surface area contributed by atoms with Gasteiger partial charge in [0.2, 0.25) is 5.91 Å². The van der Waals surface area contributed by atoms with Gasteiger partial charge in [0.1, 0.15) is 0 Å². The summed E-state index contributed by atoms with van der Waals surface area (Å²) in [6.07, 6.45) is 5.68. The Bertz CT molecular complexity index is 553. The highest BCUT2D eigenvalue weighted by Gasteiger charge is 2.38.